The van der Waals surface area contributed by atoms with Crippen molar-refractivity contribution in [2.75, 3.05) is 12.8 Å². The third-order valence-electron chi connectivity index (χ3n) is 2.56. The Hall–Kier alpha value is -0.0600. The number of hydrogen-bond donors (Lipinski definition) is 1. The molecule has 1 N–H and O–H groups in total. The fourth-order valence-corrected chi connectivity index (χ4v) is 1.99. The molecule has 0 saturated carbocycles. The number of thioether (sulfide) groups is 1. The molecule has 0 fully saturated rings. The minimum atomic E-state index is -0.214. The highest BCUT2D eigenvalue weighted by Gasteiger charge is 2.08. The third kappa shape index (κ3) is 4.07. The summed E-state index contributed by atoms with van der Waals surface area (Å²) in [6.45, 7) is 5.23. The minimum absolute atomic E-state index is 0.214. The number of halogens is 2. The second-order valence-corrected chi connectivity index (χ2v) is 5.98. The summed E-state index contributed by atoms with van der Waals surface area (Å²) in [6.07, 6.45) is 2.10. The Morgan fingerprint density at radius 2 is 2.12 bits per heavy atom. The normalized spacial score (nSPS) is 14.8. The van der Waals surface area contributed by atoms with Gasteiger partial charge < -0.3 is 5.32 Å². The van der Waals surface area contributed by atoms with Gasteiger partial charge in [0.2, 0.25) is 0 Å². The molecule has 1 nitrogen and oxygen atoms in total. The summed E-state index contributed by atoms with van der Waals surface area (Å²) in [6, 6.07) is 5.39. The first-order valence-corrected chi connectivity index (χ1v) is 7.33. The zero-order valence-corrected chi connectivity index (χ0v) is 12.2. The highest BCUT2D eigenvalue weighted by atomic mass is 79.9. The van der Waals surface area contributed by atoms with Crippen LogP contribution in [0.4, 0.5) is 4.39 Å². The van der Waals surface area contributed by atoms with E-state index >= 15 is 0 Å². The van der Waals surface area contributed by atoms with E-state index in [1.54, 1.807) is 0 Å². The van der Waals surface area contributed by atoms with Crippen molar-refractivity contribution in [1.82, 2.24) is 5.32 Å². The molecule has 0 heterocycles. The fourth-order valence-electron chi connectivity index (χ4n) is 1.33. The number of benzene rings is 1. The molecular weight excluding hydrogens is 289 g/mol. The van der Waals surface area contributed by atoms with Crippen LogP contribution in [0.15, 0.2) is 22.7 Å². The summed E-state index contributed by atoms with van der Waals surface area (Å²) in [5.74, 6) is -0.214. The smallest absolute Gasteiger partial charge is 0.137 e. The highest BCUT2D eigenvalue weighted by molar-refractivity contribution is 9.10. The van der Waals surface area contributed by atoms with Gasteiger partial charge in [-0.15, -0.1) is 0 Å². The molecule has 0 aliphatic heterocycles. The molecular formula is C12H17BrFNS. The van der Waals surface area contributed by atoms with Crippen molar-refractivity contribution in [2.24, 2.45) is 0 Å². The largest absolute Gasteiger partial charge is 0.309 e. The molecule has 16 heavy (non-hydrogen) atoms. The van der Waals surface area contributed by atoms with E-state index in [1.165, 1.54) is 6.07 Å². The van der Waals surface area contributed by atoms with Gasteiger partial charge in [-0.2, -0.15) is 11.8 Å². The predicted molar refractivity (Wildman–Crippen MR) is 73.5 cm³/mol. The van der Waals surface area contributed by atoms with Crippen molar-refractivity contribution in [1.29, 1.82) is 0 Å². The van der Waals surface area contributed by atoms with Gasteiger partial charge in [-0.3, -0.25) is 0 Å². The summed E-state index contributed by atoms with van der Waals surface area (Å²) in [4.78, 5) is 0. The topological polar surface area (TPSA) is 12.0 Å². The van der Waals surface area contributed by atoms with E-state index in [9.17, 15) is 4.39 Å². The Morgan fingerprint density at radius 3 is 2.69 bits per heavy atom. The van der Waals surface area contributed by atoms with Crippen LogP contribution in [0, 0.1) is 5.82 Å². The SMILES string of the molecule is CSC(C)CNC(C)c1ccc(F)c(Br)c1. The number of nitrogens with one attached hydrogen (secondary N) is 1. The molecule has 4 heteroatoms. The zero-order chi connectivity index (χ0) is 12.1. The van der Waals surface area contributed by atoms with E-state index in [2.05, 4.69) is 41.3 Å². The van der Waals surface area contributed by atoms with E-state index in [1.807, 2.05) is 23.9 Å². The van der Waals surface area contributed by atoms with Gasteiger partial charge in [-0.1, -0.05) is 13.0 Å². The van der Waals surface area contributed by atoms with Gasteiger partial charge in [0.25, 0.3) is 0 Å². The van der Waals surface area contributed by atoms with Gasteiger partial charge in [0.05, 0.1) is 4.47 Å². The van der Waals surface area contributed by atoms with Crippen molar-refractivity contribution in [3.05, 3.63) is 34.1 Å². The van der Waals surface area contributed by atoms with Crippen molar-refractivity contribution >= 4 is 27.7 Å². The minimum Gasteiger partial charge on any atom is -0.309 e. The monoisotopic (exact) mass is 305 g/mol. The van der Waals surface area contributed by atoms with Gasteiger partial charge in [0, 0.05) is 17.8 Å². The lowest BCUT2D eigenvalue weighted by Crippen LogP contribution is -2.25. The molecule has 1 aromatic carbocycles. The van der Waals surface area contributed by atoms with Gasteiger partial charge in [-0.05, 0) is 46.8 Å². The maximum atomic E-state index is 13.1. The Bertz CT molecular complexity index is 346. The molecule has 1 aromatic rings. The molecule has 90 valence electrons. The van der Waals surface area contributed by atoms with Crippen molar-refractivity contribution < 1.29 is 4.39 Å². The van der Waals surface area contributed by atoms with E-state index < -0.39 is 0 Å². The van der Waals surface area contributed by atoms with Gasteiger partial charge in [-0.25, -0.2) is 4.39 Å². The van der Waals surface area contributed by atoms with Gasteiger partial charge >= 0.3 is 0 Å². The van der Waals surface area contributed by atoms with Gasteiger partial charge in [0.1, 0.15) is 5.82 Å². The Balaban J connectivity index is 2.59. The van der Waals surface area contributed by atoms with Crippen molar-refractivity contribution in [2.45, 2.75) is 25.1 Å². The van der Waals surface area contributed by atoms with Crippen LogP contribution in [0.3, 0.4) is 0 Å². The van der Waals surface area contributed by atoms with Crippen LogP contribution in [-0.2, 0) is 0 Å². The van der Waals surface area contributed by atoms with Crippen LogP contribution < -0.4 is 5.32 Å². The summed E-state index contributed by atoms with van der Waals surface area (Å²) in [5, 5.41) is 4.02. The lowest BCUT2D eigenvalue weighted by atomic mass is 10.1. The van der Waals surface area contributed by atoms with Crippen molar-refractivity contribution in [3.63, 3.8) is 0 Å². The fraction of sp³-hybridized carbons (Fsp3) is 0.500. The predicted octanol–water partition coefficient (Wildman–Crippen LogP) is 3.99. The second kappa shape index (κ2) is 6.62. The highest BCUT2D eigenvalue weighted by Crippen LogP contribution is 2.21. The molecule has 0 aliphatic rings. The zero-order valence-electron chi connectivity index (χ0n) is 9.76. The maximum Gasteiger partial charge on any atom is 0.137 e. The quantitative estimate of drug-likeness (QED) is 0.883. The average Bonchev–Trinajstić information content (AvgIpc) is 2.29. The molecule has 1 rings (SSSR count). The van der Waals surface area contributed by atoms with Gasteiger partial charge in [0.15, 0.2) is 0 Å². The molecule has 2 unspecified atom stereocenters. The lowest BCUT2D eigenvalue weighted by molar-refractivity contribution is 0.571. The van der Waals surface area contributed by atoms with Crippen LogP contribution in [0.25, 0.3) is 0 Å². The standard InChI is InChI=1S/C12H17BrFNS/c1-8(16-3)7-15-9(2)10-4-5-12(14)11(13)6-10/h4-6,8-9,15H,7H2,1-3H3. The average molecular weight is 306 g/mol. The first kappa shape index (κ1) is 14.0. The van der Waals surface area contributed by atoms with Crippen LogP contribution in [0.1, 0.15) is 25.5 Å². The molecule has 0 aliphatic carbocycles. The van der Waals surface area contributed by atoms with E-state index in [4.69, 9.17) is 0 Å². The Labute approximate surface area is 109 Å². The summed E-state index contributed by atoms with van der Waals surface area (Å²) < 4.78 is 13.6. The van der Waals surface area contributed by atoms with E-state index in [0.717, 1.165) is 12.1 Å². The molecule has 0 radical (unpaired) electrons. The number of hydrogen-bond acceptors (Lipinski definition) is 2. The summed E-state index contributed by atoms with van der Waals surface area (Å²) in [7, 11) is 0. The van der Waals surface area contributed by atoms with Crippen LogP contribution in [0.2, 0.25) is 0 Å². The molecule has 0 saturated heterocycles. The first-order chi connectivity index (χ1) is 7.54. The Morgan fingerprint density at radius 1 is 1.44 bits per heavy atom. The molecule has 0 bridgehead atoms. The molecule has 0 amide bonds. The first-order valence-electron chi connectivity index (χ1n) is 5.25. The molecule has 0 spiro atoms. The second-order valence-electron chi connectivity index (χ2n) is 3.85. The number of rotatable bonds is 5. The van der Waals surface area contributed by atoms with E-state index in [0.29, 0.717) is 9.72 Å². The third-order valence-corrected chi connectivity index (χ3v) is 4.14. The summed E-state index contributed by atoms with van der Waals surface area (Å²) in [5.41, 5.74) is 1.10. The molecule has 2 atom stereocenters. The molecule has 0 aromatic heterocycles. The maximum absolute atomic E-state index is 13.1. The van der Waals surface area contributed by atoms with Crippen LogP contribution in [-0.4, -0.2) is 18.1 Å². The Kier molecular flexibility index (Phi) is 5.79. The summed E-state index contributed by atoms with van der Waals surface area (Å²) >= 11 is 5.04. The van der Waals surface area contributed by atoms with Crippen LogP contribution >= 0.6 is 27.7 Å². The van der Waals surface area contributed by atoms with Crippen LogP contribution in [0.5, 0.6) is 0 Å². The lowest BCUT2D eigenvalue weighted by Gasteiger charge is -2.17. The van der Waals surface area contributed by atoms with Crippen molar-refractivity contribution in [3.8, 4) is 0 Å². The van der Waals surface area contributed by atoms with E-state index in [-0.39, 0.29) is 11.9 Å².